The minimum absolute atomic E-state index is 0.277. The number of phenols is 1. The molecule has 0 amide bonds. The van der Waals surface area contributed by atoms with E-state index in [0.29, 0.717) is 13.2 Å². The number of benzene rings is 2. The molecule has 0 saturated heterocycles. The first-order valence-corrected chi connectivity index (χ1v) is 5.56. The summed E-state index contributed by atoms with van der Waals surface area (Å²) >= 11 is 0. The van der Waals surface area contributed by atoms with Gasteiger partial charge in [-0.05, 0) is 25.1 Å². The minimum atomic E-state index is 0.277. The third-order valence-electron chi connectivity index (χ3n) is 2.65. The Morgan fingerprint density at radius 1 is 1.06 bits per heavy atom. The molecule has 17 heavy (non-hydrogen) atoms. The van der Waals surface area contributed by atoms with Crippen molar-refractivity contribution in [1.82, 2.24) is 0 Å². The van der Waals surface area contributed by atoms with Crippen molar-refractivity contribution in [1.29, 1.82) is 0 Å². The van der Waals surface area contributed by atoms with Gasteiger partial charge in [0, 0.05) is 17.9 Å². The van der Waals surface area contributed by atoms with Crippen LogP contribution in [0, 0.1) is 6.92 Å². The van der Waals surface area contributed by atoms with Gasteiger partial charge in [0.25, 0.3) is 0 Å². The average molecular weight is 232 g/mol. The first kappa shape index (κ1) is 11.7. The van der Waals surface area contributed by atoms with Crippen LogP contribution >= 0.6 is 0 Å². The highest BCUT2D eigenvalue weighted by atomic mass is 16.5. The van der Waals surface area contributed by atoms with Crippen LogP contribution in [0.2, 0.25) is 0 Å². The number of aryl methyl sites for hydroxylation is 1. The van der Waals surface area contributed by atoms with Gasteiger partial charge in [-0.2, -0.15) is 0 Å². The first-order valence-electron chi connectivity index (χ1n) is 5.56. The van der Waals surface area contributed by atoms with Crippen LogP contribution < -0.4 is 4.74 Å². The maximum absolute atomic E-state index is 9.78. The summed E-state index contributed by atoms with van der Waals surface area (Å²) in [6, 6.07) is 9.33. The highest BCUT2D eigenvalue weighted by Crippen LogP contribution is 2.32. The number of methoxy groups -OCH3 is 1. The van der Waals surface area contributed by atoms with Gasteiger partial charge in [-0.15, -0.1) is 0 Å². The van der Waals surface area contributed by atoms with Crippen LogP contribution in [0.5, 0.6) is 11.5 Å². The molecule has 0 unspecified atom stereocenters. The van der Waals surface area contributed by atoms with Gasteiger partial charge >= 0.3 is 0 Å². The van der Waals surface area contributed by atoms with E-state index in [0.717, 1.165) is 22.1 Å². The van der Waals surface area contributed by atoms with Crippen LogP contribution in [0.25, 0.3) is 10.8 Å². The first-order chi connectivity index (χ1) is 8.22. The lowest BCUT2D eigenvalue weighted by molar-refractivity contribution is 0.147. The number of ether oxygens (including phenoxy) is 2. The Kier molecular flexibility index (Phi) is 3.49. The second-order valence-electron chi connectivity index (χ2n) is 3.97. The lowest BCUT2D eigenvalue weighted by atomic mass is 10.1. The molecule has 0 aromatic heterocycles. The van der Waals surface area contributed by atoms with Crippen LogP contribution in [-0.4, -0.2) is 25.4 Å². The predicted molar refractivity (Wildman–Crippen MR) is 67.7 cm³/mol. The van der Waals surface area contributed by atoms with Gasteiger partial charge in [0.2, 0.25) is 0 Å². The summed E-state index contributed by atoms with van der Waals surface area (Å²) in [5.41, 5.74) is 1.14. The van der Waals surface area contributed by atoms with Crippen molar-refractivity contribution < 1.29 is 14.6 Å². The molecular weight excluding hydrogens is 216 g/mol. The van der Waals surface area contributed by atoms with Crippen LogP contribution in [-0.2, 0) is 4.74 Å². The zero-order chi connectivity index (χ0) is 12.3. The maximum Gasteiger partial charge on any atom is 0.127 e. The Balaban J connectivity index is 2.41. The third kappa shape index (κ3) is 2.50. The van der Waals surface area contributed by atoms with Crippen molar-refractivity contribution in [2.75, 3.05) is 20.3 Å². The Bertz CT molecular complexity index is 520. The molecule has 2 rings (SSSR count). The number of hydrogen-bond acceptors (Lipinski definition) is 3. The Hall–Kier alpha value is -1.74. The summed E-state index contributed by atoms with van der Waals surface area (Å²) < 4.78 is 10.6. The third-order valence-corrected chi connectivity index (χ3v) is 2.65. The second-order valence-corrected chi connectivity index (χ2v) is 3.97. The molecule has 2 aromatic carbocycles. The van der Waals surface area contributed by atoms with Gasteiger partial charge in [-0.1, -0.05) is 17.7 Å². The summed E-state index contributed by atoms with van der Waals surface area (Å²) in [6.07, 6.45) is 0. The molecule has 0 bridgehead atoms. The van der Waals surface area contributed by atoms with E-state index >= 15 is 0 Å². The van der Waals surface area contributed by atoms with Gasteiger partial charge in [0.05, 0.1) is 6.61 Å². The highest BCUT2D eigenvalue weighted by Gasteiger charge is 2.06. The van der Waals surface area contributed by atoms with Crippen LogP contribution in [0.4, 0.5) is 0 Å². The summed E-state index contributed by atoms with van der Waals surface area (Å²) in [5.74, 6) is 1.05. The lowest BCUT2D eigenvalue weighted by Crippen LogP contribution is -2.04. The molecule has 0 atom stereocenters. The number of aromatic hydroxyl groups is 1. The van der Waals surface area contributed by atoms with Crippen LogP contribution in [0.15, 0.2) is 30.3 Å². The largest absolute Gasteiger partial charge is 0.507 e. The summed E-state index contributed by atoms with van der Waals surface area (Å²) in [7, 11) is 1.64. The summed E-state index contributed by atoms with van der Waals surface area (Å²) in [5, 5.41) is 11.5. The van der Waals surface area contributed by atoms with Gasteiger partial charge in [0.15, 0.2) is 0 Å². The molecule has 0 saturated carbocycles. The second kappa shape index (κ2) is 5.06. The van der Waals surface area contributed by atoms with E-state index in [1.807, 2.05) is 25.1 Å². The molecule has 0 spiro atoms. The van der Waals surface area contributed by atoms with Crippen molar-refractivity contribution >= 4 is 10.8 Å². The molecule has 0 heterocycles. The predicted octanol–water partition coefficient (Wildman–Crippen LogP) is 2.88. The van der Waals surface area contributed by atoms with E-state index in [2.05, 4.69) is 0 Å². The molecule has 0 radical (unpaired) electrons. The molecule has 3 heteroatoms. The normalized spacial score (nSPS) is 10.7. The summed E-state index contributed by atoms with van der Waals surface area (Å²) in [6.45, 7) is 3.07. The van der Waals surface area contributed by atoms with E-state index in [4.69, 9.17) is 9.47 Å². The monoisotopic (exact) mass is 232 g/mol. The van der Waals surface area contributed by atoms with Crippen molar-refractivity contribution in [3.63, 3.8) is 0 Å². The van der Waals surface area contributed by atoms with Gasteiger partial charge in [-0.3, -0.25) is 0 Å². The van der Waals surface area contributed by atoms with Gasteiger partial charge in [0.1, 0.15) is 18.1 Å². The van der Waals surface area contributed by atoms with Crippen LogP contribution in [0.1, 0.15) is 5.56 Å². The number of rotatable bonds is 4. The molecule has 2 aromatic rings. The molecule has 0 aliphatic rings. The standard InChI is InChI=1S/C14H16O3/c1-10-3-4-11-12(9-10)14(6-5-13(11)15)17-8-7-16-2/h3-6,9,15H,7-8H2,1-2H3. The quantitative estimate of drug-likeness (QED) is 0.824. The molecule has 0 aliphatic carbocycles. The van der Waals surface area contributed by atoms with E-state index in [-0.39, 0.29) is 5.75 Å². The van der Waals surface area contributed by atoms with E-state index in [1.54, 1.807) is 19.2 Å². The molecule has 1 N–H and O–H groups in total. The SMILES string of the molecule is COCCOc1ccc(O)c2ccc(C)cc12. The van der Waals surface area contributed by atoms with Crippen molar-refractivity contribution in [2.24, 2.45) is 0 Å². The molecule has 90 valence electrons. The molecule has 0 fully saturated rings. The highest BCUT2D eigenvalue weighted by molar-refractivity contribution is 5.93. The number of hydrogen-bond donors (Lipinski definition) is 1. The Morgan fingerprint density at radius 3 is 2.65 bits per heavy atom. The minimum Gasteiger partial charge on any atom is -0.507 e. The van der Waals surface area contributed by atoms with Gasteiger partial charge < -0.3 is 14.6 Å². The van der Waals surface area contributed by atoms with Crippen LogP contribution in [0.3, 0.4) is 0 Å². The fraction of sp³-hybridized carbons (Fsp3) is 0.286. The van der Waals surface area contributed by atoms with Crippen molar-refractivity contribution in [3.8, 4) is 11.5 Å². The Morgan fingerprint density at radius 2 is 1.88 bits per heavy atom. The van der Waals surface area contributed by atoms with Crippen molar-refractivity contribution in [3.05, 3.63) is 35.9 Å². The number of fused-ring (bicyclic) bond motifs is 1. The van der Waals surface area contributed by atoms with E-state index in [9.17, 15) is 5.11 Å². The smallest absolute Gasteiger partial charge is 0.127 e. The average Bonchev–Trinajstić information content (AvgIpc) is 2.32. The zero-order valence-electron chi connectivity index (χ0n) is 10.1. The van der Waals surface area contributed by atoms with Gasteiger partial charge in [-0.25, -0.2) is 0 Å². The van der Waals surface area contributed by atoms with E-state index in [1.165, 1.54) is 0 Å². The Labute approximate surface area is 101 Å². The topological polar surface area (TPSA) is 38.7 Å². The molecular formula is C14H16O3. The zero-order valence-corrected chi connectivity index (χ0v) is 10.1. The molecule has 0 aliphatic heterocycles. The fourth-order valence-electron chi connectivity index (χ4n) is 1.78. The summed E-state index contributed by atoms with van der Waals surface area (Å²) in [4.78, 5) is 0. The number of phenolic OH excluding ortho intramolecular Hbond substituents is 1. The van der Waals surface area contributed by atoms with Crippen molar-refractivity contribution in [2.45, 2.75) is 6.92 Å². The maximum atomic E-state index is 9.78. The van der Waals surface area contributed by atoms with E-state index < -0.39 is 0 Å². The molecule has 3 nitrogen and oxygen atoms in total. The lowest BCUT2D eigenvalue weighted by Gasteiger charge is -2.10. The fourth-order valence-corrected chi connectivity index (χ4v) is 1.78.